The molecule has 15 nitrogen and oxygen atoms in total. The van der Waals surface area contributed by atoms with Gasteiger partial charge >= 0.3 is 13.2 Å². The molecule has 8 aromatic heterocycles. The maximum absolute atomic E-state index is 11.7. The van der Waals surface area contributed by atoms with Gasteiger partial charge in [0.25, 0.3) is 0 Å². The quantitative estimate of drug-likeness (QED) is 0.143. The van der Waals surface area contributed by atoms with Crippen LogP contribution in [0.4, 0.5) is 8.78 Å². The Labute approximate surface area is 448 Å². The van der Waals surface area contributed by atoms with E-state index < -0.39 is 6.55 Å². The average Bonchev–Trinajstić information content (AvgIpc) is 4.17. The lowest BCUT2D eigenvalue weighted by Crippen LogP contribution is -2.45. The van der Waals surface area contributed by atoms with Crippen molar-refractivity contribution in [2.45, 2.75) is 114 Å². The number of alkyl halides is 2. The van der Waals surface area contributed by atoms with E-state index in [2.05, 4.69) is 133 Å². The van der Waals surface area contributed by atoms with Gasteiger partial charge in [0.05, 0.1) is 47.0 Å². The second kappa shape index (κ2) is 33.4. The minimum absolute atomic E-state index is 0.0962. The monoisotopic (exact) mass is 1080 g/mol. The summed E-state index contributed by atoms with van der Waals surface area (Å²) in [7, 11) is 6.32. The molecule has 2 N–H and O–H groups in total. The molecule has 10 rings (SSSR count). The van der Waals surface area contributed by atoms with Crippen LogP contribution < -0.4 is 0 Å². The van der Waals surface area contributed by atoms with E-state index in [1.165, 1.54) is 54.0 Å². The fourth-order valence-electron chi connectivity index (χ4n) is 6.62. The van der Waals surface area contributed by atoms with Crippen LogP contribution in [-0.4, -0.2) is 123 Å². The first-order valence-corrected chi connectivity index (χ1v) is 26.7. The van der Waals surface area contributed by atoms with Gasteiger partial charge in [-0.3, -0.25) is 24.2 Å². The number of aryl methyl sites for hydroxylation is 9. The summed E-state index contributed by atoms with van der Waals surface area (Å²) in [5.41, 5.74) is 6.73. The fourth-order valence-corrected chi connectivity index (χ4v) is 9.55. The number of aromatic amines is 1. The van der Waals surface area contributed by atoms with E-state index >= 15 is 0 Å². The molecule has 2 saturated heterocycles. The van der Waals surface area contributed by atoms with Crippen LogP contribution in [0.15, 0.2) is 97.5 Å². The van der Waals surface area contributed by atoms with E-state index in [9.17, 15) is 13.9 Å². The molecule has 0 aromatic carbocycles. The van der Waals surface area contributed by atoms with E-state index in [-0.39, 0.29) is 6.10 Å². The van der Waals surface area contributed by atoms with Gasteiger partial charge in [0, 0.05) is 96.3 Å². The zero-order chi connectivity index (χ0) is 53.9. The Balaban J connectivity index is 0.000000222. The summed E-state index contributed by atoms with van der Waals surface area (Å²) < 4.78 is 30.4. The van der Waals surface area contributed by atoms with Gasteiger partial charge in [-0.25, -0.2) is 15.9 Å². The number of halogens is 3. The molecule has 2 aliphatic rings. The molecule has 10 heterocycles. The fraction of sp³-hybridized carbons (Fsp3) is 0.462. The highest BCUT2D eigenvalue weighted by molar-refractivity contribution is 7.16. The Kier molecular flexibility index (Phi) is 28.4. The number of aliphatic hydroxyl groups is 1. The third-order valence-electron chi connectivity index (χ3n) is 10.2. The van der Waals surface area contributed by atoms with Crippen LogP contribution >= 0.6 is 45.6 Å². The van der Waals surface area contributed by atoms with E-state index in [1.54, 1.807) is 35.3 Å². The Morgan fingerprint density at radius 2 is 1.47 bits per heavy atom. The number of thiophene rings is 3. The van der Waals surface area contributed by atoms with Gasteiger partial charge in [0.1, 0.15) is 0 Å². The van der Waals surface area contributed by atoms with E-state index in [0.29, 0.717) is 23.1 Å². The summed E-state index contributed by atoms with van der Waals surface area (Å²) >= 11 is 10.9. The van der Waals surface area contributed by atoms with Crippen LogP contribution in [0.2, 0.25) is 4.34 Å². The number of hydrogen-bond acceptors (Lipinski definition) is 12. The molecule has 21 heteroatoms. The lowest BCUT2D eigenvalue weighted by molar-refractivity contribution is 0.0563. The Bertz CT molecular complexity index is 2690. The van der Waals surface area contributed by atoms with Crippen LogP contribution in [0, 0.1) is 62.0 Å². The summed E-state index contributed by atoms with van der Waals surface area (Å²) in [6.07, 6.45) is 17.2. The van der Waals surface area contributed by atoms with Gasteiger partial charge in [-0.2, -0.15) is 34.3 Å². The number of β-amino-alcohol motifs (C(OH)–C–C–N with tert-alkyl or cyclic N) is 1. The van der Waals surface area contributed by atoms with Crippen molar-refractivity contribution in [1.29, 1.82) is 0 Å². The minimum atomic E-state index is -2.52. The third-order valence-corrected chi connectivity index (χ3v) is 13.3. The first-order valence-electron chi connectivity index (χ1n) is 23.8. The molecule has 0 spiro atoms. The van der Waals surface area contributed by atoms with Crippen LogP contribution in [-0.2, 0) is 26.3 Å². The Morgan fingerprint density at radius 3 is 1.81 bits per heavy atom. The first kappa shape index (κ1) is 61.9. The lowest BCUT2D eigenvalue weighted by Gasteiger charge is -2.36. The maximum atomic E-state index is 11.7. The zero-order valence-electron chi connectivity index (χ0n) is 44.5. The van der Waals surface area contributed by atoms with Crippen molar-refractivity contribution >= 4 is 45.6 Å². The molecule has 0 saturated carbocycles. The largest absolute Gasteiger partial charge is 0.392 e. The SMILES string of the molecule is CCn1cc(C)cn1.Cc1ccc(CN2CCC(O)C2)s1.Cc1ccc(Cl)s1.Cc1ccn(C(F)F)n1.Cc1cn[nH]c1.Cc1cnn(C2CN(C)C2)c1.Cc1csc(CN(C)C)c1.[C-]#[N+]Cn1cc(C)cn1. The number of rotatable bonds is 8. The van der Waals surface area contributed by atoms with Crippen LogP contribution in [0.5, 0.6) is 0 Å². The normalized spacial score (nSPS) is 13.9. The van der Waals surface area contributed by atoms with Crippen molar-refractivity contribution < 1.29 is 13.9 Å². The molecule has 2 fully saturated rings. The summed E-state index contributed by atoms with van der Waals surface area (Å²) in [6.45, 7) is 29.6. The smallest absolute Gasteiger partial charge is 0.333 e. The number of aromatic nitrogens is 10. The molecule has 398 valence electrons. The molecule has 1 atom stereocenters. The number of nitrogens with zero attached hydrogens (tertiary/aromatic N) is 13. The molecule has 0 amide bonds. The number of likely N-dealkylation sites (N-methyl/N-ethyl adjacent to an activating group) is 1. The molecule has 0 bridgehead atoms. The maximum Gasteiger partial charge on any atom is 0.333 e. The van der Waals surface area contributed by atoms with Crippen molar-refractivity contribution in [3.63, 3.8) is 0 Å². The highest BCUT2D eigenvalue weighted by Gasteiger charge is 2.25. The van der Waals surface area contributed by atoms with Gasteiger partial charge in [0.2, 0.25) is 0 Å². The highest BCUT2D eigenvalue weighted by Crippen LogP contribution is 2.21. The first-order chi connectivity index (χ1) is 34.7. The van der Waals surface area contributed by atoms with Crippen LogP contribution in [0.25, 0.3) is 4.85 Å². The van der Waals surface area contributed by atoms with Gasteiger partial charge in [-0.05, 0) is 159 Å². The molecule has 0 aliphatic carbocycles. The predicted octanol–water partition coefficient (Wildman–Crippen LogP) is 11.7. The predicted molar refractivity (Wildman–Crippen MR) is 297 cm³/mol. The Hall–Kier alpha value is -5.37. The molecule has 1 unspecified atom stereocenters. The Morgan fingerprint density at radius 1 is 0.822 bits per heavy atom. The number of aliphatic hydroxyl groups excluding tert-OH is 1. The van der Waals surface area contributed by atoms with Gasteiger partial charge in [-0.15, -0.1) is 34.0 Å². The standard InChI is InChI=1S/C10H15NOS.C8H13N3.C8H13NS.C6H7N3.C6H10N2.C5H5ClS.C5H6F2N2.C4H6N2/c1-8-2-3-10(13-8)7-11-5-4-9(12)6-11;1-7-3-9-11(4-7)8-5-10(2)6-8;1-7-4-8(10-6-7)5-9(2)3;1-6-3-8-9(4-6)5-7-2;1-3-8-5-6(2)4-7-8;1-4-2-3-5(6)7-4;1-4-2-3-9(8-4)5(6)7;1-4-2-5-6-3-4/h2-3,9,12H,4-7H2,1H3;3-4,8H,5-6H2,1-2H3;4,6H,5H2,1-3H3;3-4H,5H2,1H3;4-5H,3H2,1-2H3;2-3H,1H3;2-3,5H,1H3;2-3H,1H3,(H,5,6). The highest BCUT2D eigenvalue weighted by atomic mass is 35.5. The lowest BCUT2D eigenvalue weighted by atomic mass is 10.1. The molecule has 2 aliphatic heterocycles. The molecular weight excluding hydrogens is 1010 g/mol. The van der Waals surface area contributed by atoms with Crippen molar-refractivity contribution in [3.8, 4) is 0 Å². The zero-order valence-corrected chi connectivity index (χ0v) is 47.7. The summed E-state index contributed by atoms with van der Waals surface area (Å²) in [4.78, 5) is 15.5. The molecule has 73 heavy (non-hydrogen) atoms. The summed E-state index contributed by atoms with van der Waals surface area (Å²) in [5, 5.41) is 33.6. The third kappa shape index (κ3) is 26.4. The van der Waals surface area contributed by atoms with E-state index in [1.807, 2.05) is 98.2 Å². The van der Waals surface area contributed by atoms with Crippen LogP contribution in [0.3, 0.4) is 0 Å². The minimum Gasteiger partial charge on any atom is -0.392 e. The number of nitrogens with one attached hydrogen (secondary N) is 1. The van der Waals surface area contributed by atoms with Gasteiger partial charge < -0.3 is 14.9 Å². The van der Waals surface area contributed by atoms with Crippen LogP contribution in [0.1, 0.15) is 79.0 Å². The summed E-state index contributed by atoms with van der Waals surface area (Å²) in [5.74, 6) is 0. The van der Waals surface area contributed by atoms with Gasteiger partial charge in [-0.1, -0.05) is 11.6 Å². The molecular formula is C52H75ClF2N14OS3. The van der Waals surface area contributed by atoms with Crippen molar-refractivity contribution in [1.82, 2.24) is 64.0 Å². The molecule has 8 aromatic rings. The second-order valence-electron chi connectivity index (χ2n) is 18.0. The average molecular weight is 1080 g/mol. The van der Waals surface area contributed by atoms with Gasteiger partial charge in [0.15, 0.2) is 0 Å². The number of hydrogen-bond donors (Lipinski definition) is 2. The van der Waals surface area contributed by atoms with Crippen molar-refractivity contribution in [3.05, 3.63) is 166 Å². The number of H-pyrrole nitrogens is 1. The number of likely N-dealkylation sites (tertiary alicyclic amines) is 2. The van der Waals surface area contributed by atoms with E-state index in [0.717, 1.165) is 62.1 Å². The van der Waals surface area contributed by atoms with Crippen molar-refractivity contribution in [2.24, 2.45) is 0 Å². The van der Waals surface area contributed by atoms with E-state index in [4.69, 9.17) is 18.2 Å². The topological polar surface area (TPSA) is 134 Å². The van der Waals surface area contributed by atoms with Crippen molar-refractivity contribution in [2.75, 3.05) is 47.3 Å². The molecule has 0 radical (unpaired) electrons. The second-order valence-corrected chi connectivity index (χ2v) is 22.2. The summed E-state index contributed by atoms with van der Waals surface area (Å²) in [6, 6.07) is 12.6.